The Morgan fingerprint density at radius 3 is 3.05 bits per heavy atom. The Morgan fingerprint density at radius 2 is 2.24 bits per heavy atom. The third kappa shape index (κ3) is 2.10. The van der Waals surface area contributed by atoms with Gasteiger partial charge in [0, 0.05) is 21.7 Å². The lowest BCUT2D eigenvalue weighted by Gasteiger charge is -2.31. The summed E-state index contributed by atoms with van der Waals surface area (Å²) in [5.74, 6) is 0.917. The molecule has 21 heavy (non-hydrogen) atoms. The van der Waals surface area contributed by atoms with E-state index in [0.29, 0.717) is 21.7 Å². The average molecular weight is 317 g/mol. The molecule has 4 rings (SSSR count). The molecule has 0 radical (unpaired) electrons. The summed E-state index contributed by atoms with van der Waals surface area (Å²) in [6.07, 6.45) is 6.45. The number of carbonyl (C=O) groups excluding carboxylic acids is 1. The number of hydrazone groups is 1. The predicted molar refractivity (Wildman–Crippen MR) is 87.1 cm³/mol. The van der Waals surface area contributed by atoms with Crippen molar-refractivity contribution in [3.63, 3.8) is 0 Å². The minimum absolute atomic E-state index is 0.219. The van der Waals surface area contributed by atoms with Gasteiger partial charge in [0.1, 0.15) is 4.88 Å². The van der Waals surface area contributed by atoms with E-state index >= 15 is 0 Å². The smallest absolute Gasteiger partial charge is 0.266 e. The third-order valence-corrected chi connectivity index (χ3v) is 5.88. The number of thiophene rings is 1. The van der Waals surface area contributed by atoms with E-state index in [-0.39, 0.29) is 5.91 Å². The highest BCUT2D eigenvalue weighted by atomic mass is 35.5. The second-order valence-electron chi connectivity index (χ2n) is 5.42. The summed E-state index contributed by atoms with van der Waals surface area (Å²) < 4.78 is 1.02. The van der Waals surface area contributed by atoms with E-state index in [1.165, 1.54) is 11.3 Å². The van der Waals surface area contributed by atoms with Crippen LogP contribution < -0.4 is 5.43 Å². The van der Waals surface area contributed by atoms with Gasteiger partial charge in [0.2, 0.25) is 0 Å². The fraction of sp³-hybridized carbons (Fsp3) is 0.250. The molecule has 1 fully saturated rings. The molecule has 0 unspecified atom stereocenters. The molecule has 0 spiro atoms. The standard InChI is InChI=1S/C16H13ClN2OS/c17-14-11-5-1-2-7-13(11)21-15(14)16(20)19-18-12-8-9-4-3-6-10(9)12/h1-5,7,9-10H,6,8H2,(H,19,20)/b18-12+/t9-,10-/m0/s1. The first-order valence-corrected chi connectivity index (χ1v) is 8.14. The number of hydrogen-bond acceptors (Lipinski definition) is 3. The molecule has 2 atom stereocenters. The summed E-state index contributed by atoms with van der Waals surface area (Å²) in [7, 11) is 0. The molecule has 1 N–H and O–H groups in total. The van der Waals surface area contributed by atoms with Crippen LogP contribution in [0.5, 0.6) is 0 Å². The van der Waals surface area contributed by atoms with Crippen LogP contribution in [0.1, 0.15) is 22.5 Å². The summed E-state index contributed by atoms with van der Waals surface area (Å²) in [4.78, 5) is 12.8. The van der Waals surface area contributed by atoms with Gasteiger partial charge in [-0.15, -0.1) is 11.3 Å². The fourth-order valence-corrected chi connectivity index (χ4v) is 4.40. The quantitative estimate of drug-likeness (QED) is 0.653. The lowest BCUT2D eigenvalue weighted by atomic mass is 9.74. The van der Waals surface area contributed by atoms with Crippen LogP contribution in [0.2, 0.25) is 5.02 Å². The fourth-order valence-electron chi connectivity index (χ4n) is 3.00. The SMILES string of the molecule is O=C(N/N=C1\C[C@@H]2C=CC[C@H]12)c1sc2ccccc2c1Cl. The highest BCUT2D eigenvalue weighted by molar-refractivity contribution is 7.21. The monoisotopic (exact) mass is 316 g/mol. The molecule has 1 heterocycles. The summed E-state index contributed by atoms with van der Waals surface area (Å²) in [5.41, 5.74) is 3.76. The van der Waals surface area contributed by atoms with Crippen LogP contribution in [0, 0.1) is 11.8 Å². The van der Waals surface area contributed by atoms with Crippen molar-refractivity contribution >= 4 is 44.6 Å². The molecular weight excluding hydrogens is 304 g/mol. The molecule has 2 aliphatic carbocycles. The topological polar surface area (TPSA) is 41.5 Å². The van der Waals surface area contributed by atoms with Crippen molar-refractivity contribution in [2.45, 2.75) is 12.8 Å². The van der Waals surface area contributed by atoms with Gasteiger partial charge in [0.15, 0.2) is 0 Å². The first-order valence-electron chi connectivity index (χ1n) is 6.94. The summed E-state index contributed by atoms with van der Waals surface area (Å²) in [6, 6.07) is 7.76. The second-order valence-corrected chi connectivity index (χ2v) is 6.85. The van der Waals surface area contributed by atoms with Crippen molar-refractivity contribution in [2.24, 2.45) is 16.9 Å². The molecule has 2 aromatic rings. The number of halogens is 1. The van der Waals surface area contributed by atoms with Gasteiger partial charge >= 0.3 is 0 Å². The summed E-state index contributed by atoms with van der Waals surface area (Å²) in [6.45, 7) is 0. The Labute approximate surface area is 131 Å². The Hall–Kier alpha value is -1.65. The summed E-state index contributed by atoms with van der Waals surface area (Å²) in [5, 5.41) is 5.72. The maximum Gasteiger partial charge on any atom is 0.283 e. The van der Waals surface area contributed by atoms with E-state index in [9.17, 15) is 4.79 Å². The van der Waals surface area contributed by atoms with Gasteiger partial charge in [-0.25, -0.2) is 5.43 Å². The van der Waals surface area contributed by atoms with E-state index in [1.807, 2.05) is 24.3 Å². The Bertz CT molecular complexity index is 793. The summed E-state index contributed by atoms with van der Waals surface area (Å²) >= 11 is 7.70. The predicted octanol–water partition coefficient (Wildman–Crippen LogP) is 4.24. The highest BCUT2D eigenvalue weighted by Crippen LogP contribution is 2.40. The average Bonchev–Trinajstić information content (AvgIpc) is 3.01. The van der Waals surface area contributed by atoms with Gasteiger partial charge in [-0.2, -0.15) is 5.10 Å². The number of rotatable bonds is 2. The van der Waals surface area contributed by atoms with Crippen LogP contribution in [0.4, 0.5) is 0 Å². The number of nitrogens with zero attached hydrogens (tertiary/aromatic N) is 1. The normalized spacial score (nSPS) is 25.1. The Morgan fingerprint density at radius 1 is 1.38 bits per heavy atom. The first-order chi connectivity index (χ1) is 10.2. The zero-order chi connectivity index (χ0) is 14.4. The van der Waals surface area contributed by atoms with Gasteiger partial charge in [-0.3, -0.25) is 4.79 Å². The molecular formula is C16H13ClN2OS. The van der Waals surface area contributed by atoms with Crippen LogP contribution in [-0.4, -0.2) is 11.6 Å². The van der Waals surface area contributed by atoms with Crippen molar-refractivity contribution in [1.82, 2.24) is 5.43 Å². The second kappa shape index (κ2) is 4.97. The molecule has 1 amide bonds. The third-order valence-electron chi connectivity index (χ3n) is 4.21. The minimum atomic E-state index is -0.219. The van der Waals surface area contributed by atoms with E-state index < -0.39 is 0 Å². The molecule has 1 aromatic heterocycles. The van der Waals surface area contributed by atoms with Crippen LogP contribution in [0.3, 0.4) is 0 Å². The van der Waals surface area contributed by atoms with Crippen LogP contribution >= 0.6 is 22.9 Å². The van der Waals surface area contributed by atoms with Crippen molar-refractivity contribution in [2.75, 3.05) is 0 Å². The molecule has 106 valence electrons. The molecule has 0 saturated heterocycles. The first kappa shape index (κ1) is 13.0. The maximum atomic E-state index is 12.3. The molecule has 1 saturated carbocycles. The van der Waals surface area contributed by atoms with Crippen molar-refractivity contribution in [3.8, 4) is 0 Å². The van der Waals surface area contributed by atoms with Gasteiger partial charge in [0.05, 0.1) is 5.02 Å². The molecule has 1 aromatic carbocycles. The molecule has 0 aliphatic heterocycles. The molecule has 5 heteroatoms. The number of amides is 1. The van der Waals surface area contributed by atoms with Gasteiger partial charge in [-0.05, 0) is 24.8 Å². The molecule has 0 bridgehead atoms. The zero-order valence-electron chi connectivity index (χ0n) is 11.2. The highest BCUT2D eigenvalue weighted by Gasteiger charge is 2.38. The van der Waals surface area contributed by atoms with Gasteiger partial charge < -0.3 is 0 Å². The van der Waals surface area contributed by atoms with E-state index in [4.69, 9.17) is 11.6 Å². The maximum absolute atomic E-state index is 12.3. The van der Waals surface area contributed by atoms with E-state index in [0.717, 1.165) is 28.6 Å². The lowest BCUT2D eigenvalue weighted by molar-refractivity contribution is 0.0958. The van der Waals surface area contributed by atoms with Crippen molar-refractivity contribution < 1.29 is 4.79 Å². The lowest BCUT2D eigenvalue weighted by Crippen LogP contribution is -2.35. The number of fused-ring (bicyclic) bond motifs is 2. The van der Waals surface area contributed by atoms with Crippen LogP contribution in [-0.2, 0) is 0 Å². The molecule has 2 aliphatic rings. The zero-order valence-corrected chi connectivity index (χ0v) is 12.7. The van der Waals surface area contributed by atoms with Crippen molar-refractivity contribution in [3.05, 3.63) is 46.3 Å². The Balaban J connectivity index is 1.54. The van der Waals surface area contributed by atoms with Crippen LogP contribution in [0.25, 0.3) is 10.1 Å². The molecule has 3 nitrogen and oxygen atoms in total. The van der Waals surface area contributed by atoms with Crippen molar-refractivity contribution in [1.29, 1.82) is 0 Å². The number of allylic oxidation sites excluding steroid dienone is 2. The van der Waals surface area contributed by atoms with E-state index in [1.54, 1.807) is 0 Å². The number of carbonyl (C=O) groups is 1. The number of benzene rings is 1. The number of hydrogen-bond donors (Lipinski definition) is 1. The largest absolute Gasteiger partial charge is 0.283 e. The van der Waals surface area contributed by atoms with Gasteiger partial charge in [0.25, 0.3) is 5.91 Å². The number of nitrogens with one attached hydrogen (secondary N) is 1. The van der Waals surface area contributed by atoms with Crippen LogP contribution in [0.15, 0.2) is 41.5 Å². The van der Waals surface area contributed by atoms with E-state index in [2.05, 4.69) is 22.7 Å². The Kier molecular flexibility index (Phi) is 3.08. The van der Waals surface area contributed by atoms with Gasteiger partial charge in [-0.1, -0.05) is 42.0 Å². The minimum Gasteiger partial charge on any atom is -0.266 e.